The molecule has 0 unspecified atom stereocenters. The molecule has 1 aromatic carbocycles. The molecule has 2 heterocycles. The number of nitrogens with zero attached hydrogens (tertiary/aromatic N) is 2. The molecule has 1 aliphatic rings. The topological polar surface area (TPSA) is 86.8 Å². The molecule has 2 aromatic rings. The van der Waals surface area contributed by atoms with Gasteiger partial charge in [-0.2, -0.15) is 0 Å². The van der Waals surface area contributed by atoms with Gasteiger partial charge in [0.2, 0.25) is 5.89 Å². The number of benzene rings is 1. The van der Waals surface area contributed by atoms with E-state index in [9.17, 15) is 15.0 Å². The van der Waals surface area contributed by atoms with Crippen LogP contribution in [0.2, 0.25) is 0 Å². The van der Waals surface area contributed by atoms with Gasteiger partial charge in [0.15, 0.2) is 0 Å². The first-order valence-electron chi connectivity index (χ1n) is 8.69. The fourth-order valence-corrected chi connectivity index (χ4v) is 3.63. The van der Waals surface area contributed by atoms with E-state index < -0.39 is 17.5 Å². The number of rotatable bonds is 6. The second-order valence-corrected chi connectivity index (χ2v) is 6.74. The van der Waals surface area contributed by atoms with E-state index in [-0.39, 0.29) is 0 Å². The lowest BCUT2D eigenvalue weighted by atomic mass is 9.74. The monoisotopic (exact) mass is 344 g/mol. The molecule has 2 atom stereocenters. The molecule has 1 aromatic heterocycles. The number of carbonyl (C=O) groups is 1. The summed E-state index contributed by atoms with van der Waals surface area (Å²) in [5.41, 5.74) is 0.582. The van der Waals surface area contributed by atoms with Gasteiger partial charge in [0.25, 0.3) is 0 Å². The van der Waals surface area contributed by atoms with Crippen molar-refractivity contribution in [3.63, 3.8) is 0 Å². The van der Waals surface area contributed by atoms with Crippen molar-refractivity contribution in [1.29, 1.82) is 0 Å². The molecule has 0 radical (unpaired) electrons. The number of likely N-dealkylation sites (tertiary alicyclic amines) is 1. The first kappa shape index (κ1) is 17.6. The Morgan fingerprint density at radius 1 is 1.40 bits per heavy atom. The van der Waals surface area contributed by atoms with Crippen LogP contribution in [0, 0.1) is 5.41 Å². The number of aliphatic hydroxyl groups excluding tert-OH is 1. The normalized spacial score (nSPS) is 24.3. The number of aliphatic carboxylic acids is 1. The number of oxazole rings is 1. The molecule has 6 heteroatoms. The fourth-order valence-electron chi connectivity index (χ4n) is 3.63. The van der Waals surface area contributed by atoms with Crippen molar-refractivity contribution in [2.24, 2.45) is 5.41 Å². The van der Waals surface area contributed by atoms with Gasteiger partial charge in [-0.15, -0.1) is 0 Å². The average molecular weight is 344 g/mol. The van der Waals surface area contributed by atoms with E-state index in [0.717, 1.165) is 17.7 Å². The van der Waals surface area contributed by atoms with Crippen LogP contribution in [0.1, 0.15) is 31.9 Å². The van der Waals surface area contributed by atoms with Crippen molar-refractivity contribution in [2.75, 3.05) is 13.1 Å². The van der Waals surface area contributed by atoms with E-state index in [0.29, 0.717) is 38.4 Å². The second-order valence-electron chi connectivity index (χ2n) is 6.74. The lowest BCUT2D eigenvalue weighted by molar-refractivity contribution is -0.164. The van der Waals surface area contributed by atoms with Gasteiger partial charge in [0.05, 0.1) is 11.8 Å². The highest BCUT2D eigenvalue weighted by molar-refractivity contribution is 5.76. The van der Waals surface area contributed by atoms with E-state index in [4.69, 9.17) is 4.42 Å². The van der Waals surface area contributed by atoms with Gasteiger partial charge in [-0.25, -0.2) is 4.98 Å². The van der Waals surface area contributed by atoms with Crippen LogP contribution in [-0.2, 0) is 11.3 Å². The minimum absolute atomic E-state index is 0.324. The number of hydrogen-bond donors (Lipinski definition) is 2. The molecule has 3 rings (SSSR count). The largest absolute Gasteiger partial charge is 0.481 e. The summed E-state index contributed by atoms with van der Waals surface area (Å²) < 4.78 is 5.56. The maximum atomic E-state index is 11.8. The van der Waals surface area contributed by atoms with E-state index in [1.807, 2.05) is 42.2 Å². The molecule has 2 N–H and O–H groups in total. The van der Waals surface area contributed by atoms with Gasteiger partial charge in [0, 0.05) is 25.2 Å². The molecule has 1 aliphatic heterocycles. The Bertz CT molecular complexity index is 715. The summed E-state index contributed by atoms with van der Waals surface area (Å²) in [6.07, 6.45) is 2.46. The summed E-state index contributed by atoms with van der Waals surface area (Å²) in [6.45, 7) is 3.43. The van der Waals surface area contributed by atoms with Crippen molar-refractivity contribution in [2.45, 2.75) is 38.8 Å². The Morgan fingerprint density at radius 2 is 2.16 bits per heavy atom. The number of piperidine rings is 1. The molecule has 134 valence electrons. The number of hydrogen-bond acceptors (Lipinski definition) is 5. The van der Waals surface area contributed by atoms with Crippen LogP contribution in [0.15, 0.2) is 41.0 Å². The molecule has 1 fully saturated rings. The zero-order valence-electron chi connectivity index (χ0n) is 14.4. The minimum atomic E-state index is -1.10. The number of aromatic nitrogens is 1. The van der Waals surface area contributed by atoms with Gasteiger partial charge in [0.1, 0.15) is 11.7 Å². The van der Waals surface area contributed by atoms with Crippen LogP contribution in [0.5, 0.6) is 0 Å². The predicted octanol–water partition coefficient (Wildman–Crippen LogP) is 2.78. The summed E-state index contributed by atoms with van der Waals surface area (Å²) in [4.78, 5) is 18.4. The summed E-state index contributed by atoms with van der Waals surface area (Å²) >= 11 is 0. The number of aliphatic hydroxyl groups is 1. The third-order valence-electron chi connectivity index (χ3n) is 4.94. The van der Waals surface area contributed by atoms with Gasteiger partial charge in [-0.3, -0.25) is 9.69 Å². The predicted molar refractivity (Wildman–Crippen MR) is 92.8 cm³/mol. The lowest BCUT2D eigenvalue weighted by Gasteiger charge is -2.43. The Balaban J connectivity index is 1.73. The number of carboxylic acid groups (broad SMARTS) is 1. The Hall–Kier alpha value is -2.18. The molecule has 0 saturated carbocycles. The van der Waals surface area contributed by atoms with Crippen LogP contribution >= 0.6 is 0 Å². The molecule has 0 spiro atoms. The van der Waals surface area contributed by atoms with Crippen LogP contribution in [0.4, 0.5) is 0 Å². The third kappa shape index (κ3) is 3.60. The first-order chi connectivity index (χ1) is 12.0. The van der Waals surface area contributed by atoms with Crippen LogP contribution in [0.25, 0.3) is 11.5 Å². The zero-order chi connectivity index (χ0) is 17.9. The highest BCUT2D eigenvalue weighted by Gasteiger charge is 2.48. The Morgan fingerprint density at radius 3 is 2.84 bits per heavy atom. The minimum Gasteiger partial charge on any atom is -0.481 e. The highest BCUT2D eigenvalue weighted by atomic mass is 16.4. The van der Waals surface area contributed by atoms with Gasteiger partial charge in [-0.1, -0.05) is 31.5 Å². The van der Waals surface area contributed by atoms with Crippen LogP contribution in [-0.4, -0.2) is 45.3 Å². The smallest absolute Gasteiger partial charge is 0.313 e. The van der Waals surface area contributed by atoms with Crippen molar-refractivity contribution in [1.82, 2.24) is 9.88 Å². The molecule has 6 nitrogen and oxygen atoms in total. The summed E-state index contributed by atoms with van der Waals surface area (Å²) in [5.74, 6) is -0.359. The summed E-state index contributed by atoms with van der Waals surface area (Å²) in [5, 5.41) is 20.0. The molecular formula is C19H24N2O4. The first-order valence-corrected chi connectivity index (χ1v) is 8.69. The van der Waals surface area contributed by atoms with E-state index >= 15 is 0 Å². The molecule has 1 saturated heterocycles. The van der Waals surface area contributed by atoms with Gasteiger partial charge >= 0.3 is 5.97 Å². The van der Waals surface area contributed by atoms with Crippen LogP contribution < -0.4 is 0 Å². The van der Waals surface area contributed by atoms with Crippen LogP contribution in [0.3, 0.4) is 0 Å². The second kappa shape index (κ2) is 7.37. The third-order valence-corrected chi connectivity index (χ3v) is 4.94. The quantitative estimate of drug-likeness (QED) is 0.838. The maximum Gasteiger partial charge on any atom is 0.313 e. The van der Waals surface area contributed by atoms with Gasteiger partial charge < -0.3 is 14.6 Å². The zero-order valence-corrected chi connectivity index (χ0v) is 14.4. The van der Waals surface area contributed by atoms with E-state index in [2.05, 4.69) is 4.98 Å². The SMILES string of the molecule is CCC[C@@]1(C(=O)O)CN(Cc2coc(-c3ccccc3)n2)CC[C@@H]1O. The molecule has 0 bridgehead atoms. The summed E-state index contributed by atoms with van der Waals surface area (Å²) in [7, 11) is 0. The lowest BCUT2D eigenvalue weighted by Crippen LogP contribution is -2.55. The fraction of sp³-hybridized carbons (Fsp3) is 0.474. The maximum absolute atomic E-state index is 11.8. The molecule has 0 aliphatic carbocycles. The summed E-state index contributed by atoms with van der Waals surface area (Å²) in [6, 6.07) is 9.66. The van der Waals surface area contributed by atoms with Crippen molar-refractivity contribution in [3.8, 4) is 11.5 Å². The standard InChI is InChI=1S/C19H24N2O4/c1-2-9-19(18(23)24)13-21(10-8-16(19)22)11-15-12-25-17(20-15)14-6-4-3-5-7-14/h3-7,12,16,22H,2,8-11,13H2,1H3,(H,23,24)/t16-,19+/m0/s1. The Kier molecular flexibility index (Phi) is 5.20. The molecule has 25 heavy (non-hydrogen) atoms. The Labute approximate surface area is 147 Å². The number of carboxylic acids is 1. The van der Waals surface area contributed by atoms with Gasteiger partial charge in [-0.05, 0) is 25.0 Å². The van der Waals surface area contributed by atoms with Crippen molar-refractivity contribution in [3.05, 3.63) is 42.3 Å². The van der Waals surface area contributed by atoms with Crippen molar-refractivity contribution < 1.29 is 19.4 Å². The van der Waals surface area contributed by atoms with E-state index in [1.165, 1.54) is 0 Å². The average Bonchev–Trinajstić information content (AvgIpc) is 3.07. The van der Waals surface area contributed by atoms with Crippen molar-refractivity contribution >= 4 is 5.97 Å². The highest BCUT2D eigenvalue weighted by Crippen LogP contribution is 2.36. The van der Waals surface area contributed by atoms with E-state index in [1.54, 1.807) is 6.26 Å². The molecular weight excluding hydrogens is 320 g/mol. The molecule has 0 amide bonds.